The molecule has 0 saturated heterocycles. The summed E-state index contributed by atoms with van der Waals surface area (Å²) in [6, 6.07) is 11.6. The summed E-state index contributed by atoms with van der Waals surface area (Å²) in [6.07, 6.45) is 4.42. The van der Waals surface area contributed by atoms with Crippen LogP contribution in [-0.2, 0) is 21.7 Å². The van der Waals surface area contributed by atoms with E-state index in [0.717, 1.165) is 48.4 Å². The number of ether oxygens (including phenoxy) is 2. The Balaban J connectivity index is 1.35. The first-order valence-electron chi connectivity index (χ1n) is 12.7. The standard InChI is InChI=1S/C28H34ClNO6S2/c1-30(12-5-13-35-24-17-23(34-2)19(18-31)16-22(24)29)21-10-8-20(9-11-21)28(27(32)36-33,25-6-3-14-37-25)26-7-4-15-38-26/h3-4,6-7,14-17,20-21,31,33H,5,8-13,18H2,1-2H3. The Morgan fingerprint density at radius 2 is 1.76 bits per heavy atom. The fraction of sp³-hybridized carbons (Fsp3) is 0.464. The molecule has 10 heteroatoms. The number of aliphatic hydroxyl groups excluding tert-OH is 1. The fourth-order valence-corrected chi connectivity index (χ4v) is 7.92. The largest absolute Gasteiger partial charge is 0.496 e. The van der Waals surface area contributed by atoms with Crippen molar-refractivity contribution in [3.63, 3.8) is 0 Å². The maximum atomic E-state index is 13.2. The average Bonchev–Trinajstić information content (AvgIpc) is 3.68. The quantitative estimate of drug-likeness (QED) is 0.149. The third-order valence-electron chi connectivity index (χ3n) is 7.57. The summed E-state index contributed by atoms with van der Waals surface area (Å²) in [5.74, 6) is 0.523. The minimum Gasteiger partial charge on any atom is -0.496 e. The molecule has 0 aliphatic heterocycles. The summed E-state index contributed by atoms with van der Waals surface area (Å²) in [6.45, 7) is 1.21. The molecule has 7 nitrogen and oxygen atoms in total. The molecule has 2 N–H and O–H groups in total. The van der Waals surface area contributed by atoms with Crippen LogP contribution in [-0.4, -0.2) is 54.6 Å². The molecule has 0 unspecified atom stereocenters. The normalized spacial score (nSPS) is 17.9. The molecule has 4 rings (SSSR count). The van der Waals surface area contributed by atoms with Crippen molar-refractivity contribution < 1.29 is 29.5 Å². The highest BCUT2D eigenvalue weighted by Gasteiger charge is 2.53. The van der Waals surface area contributed by atoms with E-state index in [-0.39, 0.29) is 12.5 Å². The van der Waals surface area contributed by atoms with Crippen molar-refractivity contribution in [2.24, 2.45) is 5.92 Å². The lowest BCUT2D eigenvalue weighted by molar-refractivity contribution is -0.241. The van der Waals surface area contributed by atoms with Crippen LogP contribution in [0.1, 0.15) is 47.4 Å². The van der Waals surface area contributed by atoms with E-state index in [1.807, 2.05) is 35.0 Å². The lowest BCUT2D eigenvalue weighted by atomic mass is 9.66. The number of thiophene rings is 2. The predicted molar refractivity (Wildman–Crippen MR) is 151 cm³/mol. The molecule has 3 aromatic rings. The Bertz CT molecular complexity index is 1130. The molecule has 0 amide bonds. The monoisotopic (exact) mass is 579 g/mol. The topological polar surface area (TPSA) is 88.5 Å². The number of aliphatic hydroxyl groups is 1. The predicted octanol–water partition coefficient (Wildman–Crippen LogP) is 6.23. The molecule has 0 atom stereocenters. The van der Waals surface area contributed by atoms with Gasteiger partial charge in [-0.25, -0.2) is 4.79 Å². The minimum absolute atomic E-state index is 0.0337. The van der Waals surface area contributed by atoms with Gasteiger partial charge >= 0.3 is 5.97 Å². The first-order chi connectivity index (χ1) is 18.4. The Kier molecular flexibility index (Phi) is 10.1. The van der Waals surface area contributed by atoms with Gasteiger partial charge in [0, 0.05) is 34.0 Å². The van der Waals surface area contributed by atoms with Gasteiger partial charge in [-0.15, -0.1) is 22.7 Å². The summed E-state index contributed by atoms with van der Waals surface area (Å²) in [5.41, 5.74) is -0.366. The molecule has 0 spiro atoms. The number of rotatable bonds is 12. The van der Waals surface area contributed by atoms with E-state index in [9.17, 15) is 15.2 Å². The highest BCUT2D eigenvalue weighted by Crippen LogP contribution is 2.50. The second-order valence-electron chi connectivity index (χ2n) is 9.58. The lowest BCUT2D eigenvalue weighted by Crippen LogP contribution is -2.47. The van der Waals surface area contributed by atoms with Gasteiger partial charge in [0.15, 0.2) is 0 Å². The molecule has 1 fully saturated rings. The first-order valence-corrected chi connectivity index (χ1v) is 14.8. The molecule has 1 aliphatic rings. The number of halogens is 1. The van der Waals surface area contributed by atoms with E-state index < -0.39 is 11.4 Å². The Morgan fingerprint density at radius 1 is 1.11 bits per heavy atom. The van der Waals surface area contributed by atoms with Gasteiger partial charge in [0.05, 0.1) is 25.3 Å². The SMILES string of the molecule is COc1cc(OCCCN(C)C2CCC(C(C(=O)OO)(c3cccs3)c3cccs3)CC2)c(Cl)cc1CO. The number of hydrogen-bond donors (Lipinski definition) is 2. The number of benzene rings is 1. The summed E-state index contributed by atoms with van der Waals surface area (Å²) < 4.78 is 11.2. The number of hydrogen-bond acceptors (Lipinski definition) is 9. The maximum Gasteiger partial charge on any atom is 0.358 e. The van der Waals surface area contributed by atoms with Gasteiger partial charge in [-0.2, -0.15) is 5.26 Å². The molecule has 2 heterocycles. The maximum absolute atomic E-state index is 13.2. The zero-order valence-electron chi connectivity index (χ0n) is 21.6. The average molecular weight is 580 g/mol. The van der Waals surface area contributed by atoms with E-state index in [1.165, 1.54) is 22.7 Å². The van der Waals surface area contributed by atoms with Crippen LogP contribution in [0.4, 0.5) is 0 Å². The van der Waals surface area contributed by atoms with Crippen molar-refractivity contribution in [3.8, 4) is 11.5 Å². The highest BCUT2D eigenvalue weighted by atomic mass is 35.5. The molecule has 2 aromatic heterocycles. The lowest BCUT2D eigenvalue weighted by Gasteiger charge is -2.42. The third-order valence-corrected chi connectivity index (χ3v) is 9.88. The second kappa shape index (κ2) is 13.3. The summed E-state index contributed by atoms with van der Waals surface area (Å²) in [7, 11) is 3.68. The van der Waals surface area contributed by atoms with Crippen LogP contribution in [0.2, 0.25) is 5.02 Å². The molecule has 1 saturated carbocycles. The van der Waals surface area contributed by atoms with Gasteiger partial charge < -0.3 is 19.5 Å². The fourth-order valence-electron chi connectivity index (χ4n) is 5.60. The van der Waals surface area contributed by atoms with Crippen molar-refractivity contribution in [1.29, 1.82) is 0 Å². The number of nitrogens with zero attached hydrogens (tertiary/aromatic N) is 1. The van der Waals surface area contributed by atoms with Crippen LogP contribution in [0.3, 0.4) is 0 Å². The second-order valence-corrected chi connectivity index (χ2v) is 11.9. The van der Waals surface area contributed by atoms with E-state index >= 15 is 0 Å². The van der Waals surface area contributed by atoms with Crippen LogP contribution < -0.4 is 9.47 Å². The molecule has 1 aliphatic carbocycles. The van der Waals surface area contributed by atoms with Gasteiger partial charge in [-0.05, 0) is 74.0 Å². The number of carbonyl (C=O) groups is 1. The van der Waals surface area contributed by atoms with E-state index in [0.29, 0.717) is 34.7 Å². The molecular formula is C28H34ClNO6S2. The summed E-state index contributed by atoms with van der Waals surface area (Å²) in [4.78, 5) is 21.9. The van der Waals surface area contributed by atoms with Crippen LogP contribution >= 0.6 is 34.3 Å². The van der Waals surface area contributed by atoms with Crippen molar-refractivity contribution in [2.75, 3.05) is 27.3 Å². The van der Waals surface area contributed by atoms with Gasteiger partial charge in [0.2, 0.25) is 0 Å². The number of carbonyl (C=O) groups excluding carboxylic acids is 1. The Hall–Kier alpha value is -2.14. The molecule has 0 bridgehead atoms. The zero-order valence-corrected chi connectivity index (χ0v) is 24.0. The molecule has 0 radical (unpaired) electrons. The van der Waals surface area contributed by atoms with Crippen molar-refractivity contribution in [3.05, 3.63) is 67.5 Å². The van der Waals surface area contributed by atoms with E-state index in [4.69, 9.17) is 21.1 Å². The van der Waals surface area contributed by atoms with Crippen LogP contribution in [0, 0.1) is 5.92 Å². The molecular weight excluding hydrogens is 546 g/mol. The summed E-state index contributed by atoms with van der Waals surface area (Å²) in [5, 5.41) is 23.3. The summed E-state index contributed by atoms with van der Waals surface area (Å²) >= 11 is 9.37. The minimum atomic E-state index is -0.986. The molecule has 38 heavy (non-hydrogen) atoms. The van der Waals surface area contributed by atoms with Gasteiger partial charge in [0.25, 0.3) is 0 Å². The Labute approximate surface area is 236 Å². The first kappa shape index (κ1) is 28.9. The van der Waals surface area contributed by atoms with Crippen molar-refractivity contribution in [1.82, 2.24) is 4.90 Å². The van der Waals surface area contributed by atoms with Gasteiger partial charge in [-0.1, -0.05) is 23.7 Å². The van der Waals surface area contributed by atoms with Gasteiger partial charge in [-0.3, -0.25) is 4.89 Å². The highest BCUT2D eigenvalue weighted by molar-refractivity contribution is 7.12. The van der Waals surface area contributed by atoms with Crippen LogP contribution in [0.25, 0.3) is 0 Å². The van der Waals surface area contributed by atoms with Gasteiger partial charge in [0.1, 0.15) is 16.9 Å². The third kappa shape index (κ3) is 5.88. The molecule has 1 aromatic carbocycles. The van der Waals surface area contributed by atoms with E-state index in [1.54, 1.807) is 19.2 Å². The van der Waals surface area contributed by atoms with Crippen LogP contribution in [0.15, 0.2) is 47.2 Å². The van der Waals surface area contributed by atoms with Crippen molar-refractivity contribution >= 4 is 40.2 Å². The van der Waals surface area contributed by atoms with Crippen LogP contribution in [0.5, 0.6) is 11.5 Å². The Morgan fingerprint density at radius 3 is 2.29 bits per heavy atom. The number of methoxy groups -OCH3 is 1. The van der Waals surface area contributed by atoms with E-state index in [2.05, 4.69) is 16.8 Å². The van der Waals surface area contributed by atoms with Crippen molar-refractivity contribution in [2.45, 2.75) is 50.2 Å². The smallest absolute Gasteiger partial charge is 0.358 e. The molecule has 206 valence electrons. The zero-order chi connectivity index (χ0) is 27.1.